The minimum atomic E-state index is -0.374. The molecule has 6 aromatic rings. The number of hydrogen-bond acceptors (Lipinski definition) is 6. The van der Waals surface area contributed by atoms with Gasteiger partial charge in [0.1, 0.15) is 36.3 Å². The van der Waals surface area contributed by atoms with E-state index in [9.17, 15) is 9.59 Å². The van der Waals surface area contributed by atoms with E-state index in [1.807, 2.05) is 60.7 Å². The van der Waals surface area contributed by atoms with Crippen molar-refractivity contribution in [3.63, 3.8) is 0 Å². The molecule has 2 amide bonds. The third-order valence-electron chi connectivity index (χ3n) is 8.50. The highest BCUT2D eigenvalue weighted by atomic mass is 16.5. The van der Waals surface area contributed by atoms with Gasteiger partial charge in [0.05, 0.1) is 6.54 Å². The van der Waals surface area contributed by atoms with E-state index < -0.39 is 0 Å². The van der Waals surface area contributed by atoms with Gasteiger partial charge in [0.15, 0.2) is 0 Å². The Bertz CT molecular complexity index is 2060. The normalized spacial score (nSPS) is 11.3. The molecule has 0 aliphatic carbocycles. The molecule has 0 aliphatic rings. The van der Waals surface area contributed by atoms with Crippen molar-refractivity contribution < 1.29 is 9.53 Å². The van der Waals surface area contributed by atoms with Crippen LogP contribution in [0.1, 0.15) is 56.2 Å². The first kappa shape index (κ1) is 33.1. The number of carbonyl (C=O) groups excluding carboxylic acids is 1. The number of urea groups is 1. The van der Waals surface area contributed by atoms with Gasteiger partial charge in [-0.1, -0.05) is 70.2 Å². The molecule has 0 fully saturated rings. The molecule has 3 heterocycles. The molecule has 0 aliphatic heterocycles. The van der Waals surface area contributed by atoms with E-state index in [2.05, 4.69) is 71.3 Å². The van der Waals surface area contributed by atoms with Crippen LogP contribution in [0.3, 0.4) is 0 Å². The molecule has 250 valence electrons. The summed E-state index contributed by atoms with van der Waals surface area (Å²) in [6.07, 6.45) is 5.38. The smallest absolute Gasteiger partial charge is 0.326 e. The third kappa shape index (κ3) is 7.86. The molecule has 0 unspecified atom stereocenters. The Hall–Kier alpha value is -5.77. The minimum Gasteiger partial charge on any atom is -0.492 e. The molecule has 0 atom stereocenters. The largest absolute Gasteiger partial charge is 0.492 e. The van der Waals surface area contributed by atoms with Gasteiger partial charge in [-0.3, -0.25) is 9.69 Å². The predicted octanol–water partition coefficient (Wildman–Crippen LogP) is 7.79. The number of aromatic nitrogens is 5. The second kappa shape index (κ2) is 15.0. The predicted molar refractivity (Wildman–Crippen MR) is 194 cm³/mol. The lowest BCUT2D eigenvalue weighted by Gasteiger charge is -2.27. The number of pyridine rings is 2. The molecule has 10 nitrogen and oxygen atoms in total. The summed E-state index contributed by atoms with van der Waals surface area (Å²) in [5.74, 6) is 0.961. The fourth-order valence-electron chi connectivity index (χ4n) is 5.90. The van der Waals surface area contributed by atoms with Gasteiger partial charge in [-0.15, -0.1) is 0 Å². The lowest BCUT2D eigenvalue weighted by atomic mass is 9.88. The highest BCUT2D eigenvalue weighted by Crippen LogP contribution is 2.38. The fraction of sp³-hybridized carbons (Fsp3) is 0.256. The lowest BCUT2D eigenvalue weighted by Crippen LogP contribution is -2.40. The summed E-state index contributed by atoms with van der Waals surface area (Å²) in [5, 5.41) is 8.14. The van der Waals surface area contributed by atoms with Gasteiger partial charge in [-0.2, -0.15) is 5.10 Å². The van der Waals surface area contributed by atoms with E-state index >= 15 is 0 Å². The van der Waals surface area contributed by atoms with Crippen LogP contribution >= 0.6 is 0 Å². The zero-order chi connectivity index (χ0) is 34.3. The Morgan fingerprint density at radius 1 is 0.918 bits per heavy atom. The SMILES string of the molecule is CC(C)c1cc(-c2cccc(OCCn3cncn3)c2)cc(C(C)C)c1NC(=O)N(CCc1ccccc1)c1cc2cccnc2[nH]c1=O. The fourth-order valence-corrected chi connectivity index (χ4v) is 5.90. The highest BCUT2D eigenvalue weighted by Gasteiger charge is 2.24. The molecule has 0 spiro atoms. The zero-order valence-corrected chi connectivity index (χ0v) is 28.3. The second-order valence-electron chi connectivity index (χ2n) is 12.6. The molecule has 0 radical (unpaired) electrons. The molecule has 3 aromatic carbocycles. The summed E-state index contributed by atoms with van der Waals surface area (Å²) in [5.41, 5.74) is 6.26. The van der Waals surface area contributed by atoms with Crippen LogP contribution in [0.2, 0.25) is 0 Å². The van der Waals surface area contributed by atoms with Gasteiger partial charge in [-0.25, -0.2) is 19.4 Å². The van der Waals surface area contributed by atoms with Gasteiger partial charge < -0.3 is 15.0 Å². The lowest BCUT2D eigenvalue weighted by molar-refractivity contribution is 0.257. The van der Waals surface area contributed by atoms with Crippen molar-refractivity contribution in [3.8, 4) is 16.9 Å². The first-order valence-electron chi connectivity index (χ1n) is 16.6. The standard InChI is InChI=1S/C39H41N7O3/c1-26(2)33-21-31(29-12-8-14-32(20-29)49-19-18-45-25-40-24-42-45)22-34(27(3)4)36(33)43-39(48)46(17-15-28-10-6-5-7-11-28)35-23-30-13-9-16-41-37(30)44-38(35)47/h5-14,16,20-27H,15,17-19H2,1-4H3,(H,43,48)(H,41,44,47). The summed E-state index contributed by atoms with van der Waals surface area (Å²) < 4.78 is 7.78. The number of nitrogens with zero attached hydrogens (tertiary/aromatic N) is 5. The maximum Gasteiger partial charge on any atom is 0.326 e. The van der Waals surface area contributed by atoms with Crippen molar-refractivity contribution in [2.45, 2.75) is 52.5 Å². The molecule has 0 bridgehead atoms. The van der Waals surface area contributed by atoms with E-state index in [4.69, 9.17) is 4.74 Å². The number of amides is 2. The molecular formula is C39H41N7O3. The van der Waals surface area contributed by atoms with Crippen molar-refractivity contribution in [1.29, 1.82) is 0 Å². The number of H-pyrrole nitrogens is 1. The number of hydrogen-bond donors (Lipinski definition) is 2. The molecule has 49 heavy (non-hydrogen) atoms. The van der Waals surface area contributed by atoms with Crippen LogP contribution in [0.25, 0.3) is 22.2 Å². The van der Waals surface area contributed by atoms with Crippen molar-refractivity contribution in [2.24, 2.45) is 0 Å². The van der Waals surface area contributed by atoms with Gasteiger partial charge in [-0.05, 0) is 88.5 Å². The topological polar surface area (TPSA) is 118 Å². The summed E-state index contributed by atoms with van der Waals surface area (Å²) in [6.45, 7) is 9.85. The van der Waals surface area contributed by atoms with Gasteiger partial charge in [0.25, 0.3) is 5.56 Å². The molecule has 3 aromatic heterocycles. The Kier molecular flexibility index (Phi) is 10.1. The van der Waals surface area contributed by atoms with Crippen LogP contribution in [0.15, 0.2) is 109 Å². The highest BCUT2D eigenvalue weighted by molar-refractivity contribution is 6.03. The zero-order valence-electron chi connectivity index (χ0n) is 28.3. The van der Waals surface area contributed by atoms with Crippen molar-refractivity contribution in [1.82, 2.24) is 24.7 Å². The number of nitrogens with one attached hydrogen (secondary N) is 2. The number of fused-ring (bicyclic) bond motifs is 1. The average molecular weight is 656 g/mol. The Morgan fingerprint density at radius 3 is 2.41 bits per heavy atom. The number of aromatic amines is 1. The average Bonchev–Trinajstić information content (AvgIpc) is 3.62. The van der Waals surface area contributed by atoms with Crippen LogP contribution in [0, 0.1) is 0 Å². The number of ether oxygens (including phenoxy) is 1. The molecular weight excluding hydrogens is 614 g/mol. The van der Waals surface area contributed by atoms with Crippen molar-refractivity contribution >= 4 is 28.4 Å². The Balaban J connectivity index is 1.33. The van der Waals surface area contributed by atoms with Crippen LogP contribution < -0.4 is 20.5 Å². The third-order valence-corrected chi connectivity index (χ3v) is 8.50. The molecule has 2 N–H and O–H groups in total. The molecule has 10 heteroatoms. The summed E-state index contributed by atoms with van der Waals surface area (Å²) >= 11 is 0. The summed E-state index contributed by atoms with van der Waals surface area (Å²) in [7, 11) is 0. The van der Waals surface area contributed by atoms with E-state index in [1.165, 1.54) is 6.33 Å². The summed E-state index contributed by atoms with van der Waals surface area (Å²) in [6, 6.07) is 27.3. The first-order chi connectivity index (χ1) is 23.8. The van der Waals surface area contributed by atoms with Crippen LogP contribution in [-0.2, 0) is 13.0 Å². The Labute approximate surface area is 285 Å². The van der Waals surface area contributed by atoms with Gasteiger partial charge in [0, 0.05) is 23.8 Å². The number of carbonyl (C=O) groups is 1. The maximum absolute atomic E-state index is 14.4. The number of benzene rings is 3. The van der Waals surface area contributed by atoms with Crippen LogP contribution in [-0.4, -0.2) is 43.9 Å². The van der Waals surface area contributed by atoms with Crippen molar-refractivity contribution in [3.05, 3.63) is 131 Å². The number of rotatable bonds is 12. The quantitative estimate of drug-likeness (QED) is 0.139. The maximum atomic E-state index is 14.4. The molecule has 6 rings (SSSR count). The van der Waals surface area contributed by atoms with E-state index in [0.29, 0.717) is 31.8 Å². The molecule has 0 saturated heterocycles. The van der Waals surface area contributed by atoms with E-state index in [-0.39, 0.29) is 29.1 Å². The van der Waals surface area contributed by atoms with E-state index in [1.54, 1.807) is 28.2 Å². The second-order valence-corrected chi connectivity index (χ2v) is 12.6. The first-order valence-corrected chi connectivity index (χ1v) is 16.6. The van der Waals surface area contributed by atoms with Gasteiger partial charge >= 0.3 is 6.03 Å². The van der Waals surface area contributed by atoms with Crippen molar-refractivity contribution in [2.75, 3.05) is 23.4 Å². The van der Waals surface area contributed by atoms with Gasteiger partial charge in [0.2, 0.25) is 0 Å². The Morgan fingerprint density at radius 2 is 1.69 bits per heavy atom. The monoisotopic (exact) mass is 655 g/mol. The molecule has 0 saturated carbocycles. The van der Waals surface area contributed by atoms with E-state index in [0.717, 1.165) is 44.6 Å². The van der Waals surface area contributed by atoms with Crippen LogP contribution in [0.5, 0.6) is 5.75 Å². The minimum absolute atomic E-state index is 0.0998. The van der Waals surface area contributed by atoms with Crippen LogP contribution in [0.4, 0.5) is 16.2 Å². The number of anilines is 2. The summed E-state index contributed by atoms with van der Waals surface area (Å²) in [4.78, 5) is 40.5.